The molecule has 0 spiro atoms. The zero-order valence-electron chi connectivity index (χ0n) is 14.3. The highest BCUT2D eigenvalue weighted by molar-refractivity contribution is 5.89. The first kappa shape index (κ1) is 17.1. The predicted octanol–water partition coefficient (Wildman–Crippen LogP) is 2.68. The van der Waals surface area contributed by atoms with E-state index >= 15 is 0 Å². The van der Waals surface area contributed by atoms with Crippen LogP contribution in [0, 0.1) is 5.82 Å². The number of hydrogen-bond acceptors (Lipinski definition) is 5. The van der Waals surface area contributed by atoms with Crippen LogP contribution in [-0.2, 0) is 4.79 Å². The van der Waals surface area contributed by atoms with Crippen LogP contribution in [0.2, 0.25) is 0 Å². The van der Waals surface area contributed by atoms with Crippen molar-refractivity contribution in [2.24, 2.45) is 0 Å². The number of halogens is 1. The summed E-state index contributed by atoms with van der Waals surface area (Å²) >= 11 is 0. The minimum absolute atomic E-state index is 0.0440. The van der Waals surface area contributed by atoms with Crippen LogP contribution >= 0.6 is 0 Å². The van der Waals surface area contributed by atoms with Crippen molar-refractivity contribution < 1.29 is 9.18 Å². The number of amides is 1. The second kappa shape index (κ2) is 7.92. The molecule has 6 nitrogen and oxygen atoms in total. The monoisotopic (exact) mass is 343 g/mol. The van der Waals surface area contributed by atoms with E-state index in [-0.39, 0.29) is 11.7 Å². The van der Waals surface area contributed by atoms with E-state index in [1.165, 1.54) is 12.1 Å². The van der Waals surface area contributed by atoms with Crippen molar-refractivity contribution in [2.45, 2.75) is 19.8 Å². The van der Waals surface area contributed by atoms with E-state index in [0.717, 1.165) is 44.1 Å². The van der Waals surface area contributed by atoms with Crippen molar-refractivity contribution in [2.75, 3.05) is 41.3 Å². The SMILES string of the molecule is CCCC(=O)Nc1ccc(N2CCN(c3ccc(F)cc3)CC2)nn1. The number of rotatable bonds is 5. The maximum Gasteiger partial charge on any atom is 0.225 e. The molecule has 1 aromatic carbocycles. The predicted molar refractivity (Wildman–Crippen MR) is 96.4 cm³/mol. The van der Waals surface area contributed by atoms with E-state index < -0.39 is 0 Å². The summed E-state index contributed by atoms with van der Waals surface area (Å²) < 4.78 is 13.0. The molecular formula is C18H22FN5O. The van der Waals surface area contributed by atoms with Crippen LogP contribution in [0.5, 0.6) is 0 Å². The van der Waals surface area contributed by atoms with Crippen LogP contribution in [0.15, 0.2) is 36.4 Å². The number of nitrogens with zero attached hydrogens (tertiary/aromatic N) is 4. The van der Waals surface area contributed by atoms with Gasteiger partial charge in [0.15, 0.2) is 11.6 Å². The minimum atomic E-state index is -0.219. The largest absolute Gasteiger partial charge is 0.368 e. The number of anilines is 3. The molecule has 0 bridgehead atoms. The molecule has 25 heavy (non-hydrogen) atoms. The fourth-order valence-electron chi connectivity index (χ4n) is 2.84. The van der Waals surface area contributed by atoms with Crippen molar-refractivity contribution in [3.8, 4) is 0 Å². The van der Waals surface area contributed by atoms with Crippen LogP contribution < -0.4 is 15.1 Å². The molecular weight excluding hydrogens is 321 g/mol. The topological polar surface area (TPSA) is 61.4 Å². The summed E-state index contributed by atoms with van der Waals surface area (Å²) in [5, 5.41) is 11.0. The van der Waals surface area contributed by atoms with E-state index in [1.807, 2.05) is 13.0 Å². The van der Waals surface area contributed by atoms with Crippen molar-refractivity contribution in [1.29, 1.82) is 0 Å². The lowest BCUT2D eigenvalue weighted by atomic mass is 10.2. The molecule has 1 aromatic heterocycles. The van der Waals surface area contributed by atoms with Gasteiger partial charge in [0, 0.05) is 38.3 Å². The van der Waals surface area contributed by atoms with Crippen LogP contribution in [0.1, 0.15) is 19.8 Å². The standard InChI is InChI=1S/C18H22FN5O/c1-2-3-18(25)20-16-8-9-17(22-21-16)24-12-10-23(11-13-24)15-6-4-14(19)5-7-15/h4-9H,2-3,10-13H2,1H3,(H,20,21,25). The van der Waals surface area contributed by atoms with E-state index in [0.29, 0.717) is 12.2 Å². The van der Waals surface area contributed by atoms with Crippen LogP contribution in [0.4, 0.5) is 21.7 Å². The lowest BCUT2D eigenvalue weighted by molar-refractivity contribution is -0.116. The molecule has 3 rings (SSSR count). The molecule has 132 valence electrons. The summed E-state index contributed by atoms with van der Waals surface area (Å²) in [6.07, 6.45) is 1.28. The molecule has 1 N–H and O–H groups in total. The fraction of sp³-hybridized carbons (Fsp3) is 0.389. The molecule has 1 aliphatic heterocycles. The zero-order valence-corrected chi connectivity index (χ0v) is 14.3. The molecule has 1 aliphatic rings. The molecule has 0 aliphatic carbocycles. The van der Waals surface area contributed by atoms with Gasteiger partial charge in [-0.1, -0.05) is 6.92 Å². The molecule has 7 heteroatoms. The molecule has 1 amide bonds. The second-order valence-electron chi connectivity index (χ2n) is 6.03. The number of nitrogens with one attached hydrogen (secondary N) is 1. The Morgan fingerprint density at radius 2 is 1.72 bits per heavy atom. The maximum absolute atomic E-state index is 13.0. The molecule has 0 atom stereocenters. The van der Waals surface area contributed by atoms with Crippen molar-refractivity contribution >= 4 is 23.2 Å². The number of aromatic nitrogens is 2. The number of hydrogen-bond donors (Lipinski definition) is 1. The maximum atomic E-state index is 13.0. The van der Waals surface area contributed by atoms with Gasteiger partial charge in [-0.15, -0.1) is 10.2 Å². The number of carbonyl (C=O) groups is 1. The summed E-state index contributed by atoms with van der Waals surface area (Å²) in [6, 6.07) is 10.2. The first-order chi connectivity index (χ1) is 12.2. The van der Waals surface area contributed by atoms with Gasteiger partial charge in [0.1, 0.15) is 5.82 Å². The molecule has 0 saturated carbocycles. The van der Waals surface area contributed by atoms with E-state index in [9.17, 15) is 9.18 Å². The normalized spacial score (nSPS) is 14.5. The Hall–Kier alpha value is -2.70. The smallest absolute Gasteiger partial charge is 0.225 e. The second-order valence-corrected chi connectivity index (χ2v) is 6.03. The molecule has 0 radical (unpaired) electrons. The Morgan fingerprint density at radius 3 is 2.32 bits per heavy atom. The molecule has 0 unspecified atom stereocenters. The Bertz CT molecular complexity index is 696. The lowest BCUT2D eigenvalue weighted by Crippen LogP contribution is -2.46. The zero-order chi connectivity index (χ0) is 17.6. The third-order valence-corrected chi connectivity index (χ3v) is 4.19. The summed E-state index contributed by atoms with van der Waals surface area (Å²) in [4.78, 5) is 16.0. The molecule has 1 fully saturated rings. The van der Waals surface area contributed by atoms with Gasteiger partial charge >= 0.3 is 0 Å². The van der Waals surface area contributed by atoms with Gasteiger partial charge in [-0.3, -0.25) is 4.79 Å². The highest BCUT2D eigenvalue weighted by Crippen LogP contribution is 2.19. The van der Waals surface area contributed by atoms with Crippen molar-refractivity contribution in [3.05, 3.63) is 42.2 Å². The quantitative estimate of drug-likeness (QED) is 0.904. The van der Waals surface area contributed by atoms with E-state index in [2.05, 4.69) is 25.3 Å². The third kappa shape index (κ3) is 4.43. The van der Waals surface area contributed by atoms with Gasteiger partial charge in [0.2, 0.25) is 5.91 Å². The summed E-state index contributed by atoms with van der Waals surface area (Å²) in [6.45, 7) is 5.26. The van der Waals surface area contributed by atoms with Gasteiger partial charge in [-0.25, -0.2) is 4.39 Å². The first-order valence-electron chi connectivity index (χ1n) is 8.55. The van der Waals surface area contributed by atoms with Gasteiger partial charge in [0.05, 0.1) is 0 Å². The minimum Gasteiger partial charge on any atom is -0.368 e. The van der Waals surface area contributed by atoms with Gasteiger partial charge in [-0.05, 0) is 42.8 Å². The lowest BCUT2D eigenvalue weighted by Gasteiger charge is -2.36. The Labute approximate surface area is 146 Å². The van der Waals surface area contributed by atoms with Crippen LogP contribution in [0.3, 0.4) is 0 Å². The summed E-state index contributed by atoms with van der Waals surface area (Å²) in [5.74, 6) is 1.01. The molecule has 2 aromatic rings. The molecule has 1 saturated heterocycles. The first-order valence-corrected chi connectivity index (χ1v) is 8.55. The van der Waals surface area contributed by atoms with Crippen LogP contribution in [-0.4, -0.2) is 42.3 Å². The van der Waals surface area contributed by atoms with Gasteiger partial charge < -0.3 is 15.1 Å². The molecule has 2 heterocycles. The Kier molecular flexibility index (Phi) is 5.42. The average molecular weight is 343 g/mol. The van der Waals surface area contributed by atoms with Gasteiger partial charge in [0.25, 0.3) is 0 Å². The summed E-state index contributed by atoms with van der Waals surface area (Å²) in [7, 11) is 0. The van der Waals surface area contributed by atoms with Gasteiger partial charge in [-0.2, -0.15) is 0 Å². The van der Waals surface area contributed by atoms with Crippen molar-refractivity contribution in [1.82, 2.24) is 10.2 Å². The average Bonchev–Trinajstić information content (AvgIpc) is 2.63. The van der Waals surface area contributed by atoms with E-state index in [1.54, 1.807) is 18.2 Å². The highest BCUT2D eigenvalue weighted by atomic mass is 19.1. The Morgan fingerprint density at radius 1 is 1.04 bits per heavy atom. The fourth-order valence-corrected chi connectivity index (χ4v) is 2.84. The number of piperazine rings is 1. The van der Waals surface area contributed by atoms with E-state index in [4.69, 9.17) is 0 Å². The Balaban J connectivity index is 1.55. The number of benzene rings is 1. The third-order valence-electron chi connectivity index (χ3n) is 4.19. The highest BCUT2D eigenvalue weighted by Gasteiger charge is 2.18. The number of carbonyl (C=O) groups excluding carboxylic acids is 1. The van der Waals surface area contributed by atoms with Crippen LogP contribution in [0.25, 0.3) is 0 Å². The summed E-state index contributed by atoms with van der Waals surface area (Å²) in [5.41, 5.74) is 1.03. The van der Waals surface area contributed by atoms with Crippen molar-refractivity contribution in [3.63, 3.8) is 0 Å².